The number of benzene rings is 2. The van der Waals surface area contributed by atoms with Crippen LogP contribution < -0.4 is 0 Å². The number of hydrogen-bond acceptors (Lipinski definition) is 1. The first kappa shape index (κ1) is 14.8. The molecule has 0 atom stereocenters. The molecule has 2 aromatic carbocycles. The highest BCUT2D eigenvalue weighted by atomic mass is 31.1. The Bertz CT molecular complexity index is 478. The first-order valence-corrected chi connectivity index (χ1v) is 9.53. The lowest BCUT2D eigenvalue weighted by atomic mass is 10.2. The molecular weight excluding hydrogens is 275 g/mol. The van der Waals surface area contributed by atoms with E-state index in [2.05, 4.69) is 60.7 Å². The standard InChI is InChI=1S/C19H23OP/c1-3-7-17(8-4-1)13-15-21(20-19-11-12-19)16-14-18-9-5-2-6-10-18/h1-10,19H,11-16H2. The Morgan fingerprint density at radius 3 is 1.67 bits per heavy atom. The quantitative estimate of drug-likeness (QED) is 0.620. The predicted molar refractivity (Wildman–Crippen MR) is 91.1 cm³/mol. The van der Waals surface area contributed by atoms with E-state index in [0.29, 0.717) is 6.10 Å². The minimum absolute atomic E-state index is 0.285. The van der Waals surface area contributed by atoms with Crippen molar-refractivity contribution in [2.45, 2.75) is 31.8 Å². The molecule has 2 heteroatoms. The first-order chi connectivity index (χ1) is 10.4. The smallest absolute Gasteiger partial charge is 0.0619 e. The minimum Gasteiger partial charge on any atom is -0.356 e. The van der Waals surface area contributed by atoms with Crippen molar-refractivity contribution in [2.75, 3.05) is 12.3 Å². The SMILES string of the molecule is c1ccc(CCP(CCc2ccccc2)OC2CC2)cc1. The fourth-order valence-corrected chi connectivity index (χ4v) is 4.48. The molecule has 1 nitrogen and oxygen atoms in total. The molecule has 0 radical (unpaired) electrons. The Kier molecular flexibility index (Phi) is 5.43. The van der Waals surface area contributed by atoms with E-state index in [-0.39, 0.29) is 8.15 Å². The molecule has 0 saturated heterocycles. The third-order valence-electron chi connectivity index (χ3n) is 3.81. The van der Waals surface area contributed by atoms with Gasteiger partial charge in [-0.25, -0.2) is 0 Å². The van der Waals surface area contributed by atoms with Gasteiger partial charge in [-0.1, -0.05) is 60.7 Å². The second-order valence-electron chi connectivity index (χ2n) is 5.70. The Morgan fingerprint density at radius 1 is 0.762 bits per heavy atom. The van der Waals surface area contributed by atoms with E-state index in [4.69, 9.17) is 4.52 Å². The van der Waals surface area contributed by atoms with Gasteiger partial charge in [0.15, 0.2) is 0 Å². The van der Waals surface area contributed by atoms with Crippen molar-refractivity contribution in [1.29, 1.82) is 0 Å². The summed E-state index contributed by atoms with van der Waals surface area (Å²) in [5.74, 6) is 0. The lowest BCUT2D eigenvalue weighted by Crippen LogP contribution is -2.02. The molecule has 0 aliphatic heterocycles. The number of rotatable bonds is 8. The molecule has 21 heavy (non-hydrogen) atoms. The van der Waals surface area contributed by atoms with Gasteiger partial charge in [0, 0.05) is 8.15 Å². The zero-order valence-electron chi connectivity index (χ0n) is 12.4. The lowest BCUT2D eigenvalue weighted by molar-refractivity contribution is 0.337. The van der Waals surface area contributed by atoms with Crippen LogP contribution >= 0.6 is 8.15 Å². The summed E-state index contributed by atoms with van der Waals surface area (Å²) in [6, 6.07) is 21.6. The Labute approximate surface area is 129 Å². The fourth-order valence-electron chi connectivity index (χ4n) is 2.40. The summed E-state index contributed by atoms with van der Waals surface area (Å²) < 4.78 is 6.27. The van der Waals surface area contributed by atoms with Crippen molar-refractivity contribution in [1.82, 2.24) is 0 Å². The van der Waals surface area contributed by atoms with Gasteiger partial charge in [0.05, 0.1) is 6.10 Å². The zero-order chi connectivity index (χ0) is 14.3. The maximum atomic E-state index is 6.27. The van der Waals surface area contributed by atoms with Gasteiger partial charge in [0.2, 0.25) is 0 Å². The topological polar surface area (TPSA) is 9.23 Å². The summed E-state index contributed by atoms with van der Waals surface area (Å²) in [6.45, 7) is 0. The van der Waals surface area contributed by atoms with Crippen molar-refractivity contribution >= 4 is 8.15 Å². The molecule has 0 aromatic heterocycles. The van der Waals surface area contributed by atoms with Gasteiger partial charge in [0.1, 0.15) is 0 Å². The molecule has 0 bridgehead atoms. The van der Waals surface area contributed by atoms with Crippen LogP contribution in [0.5, 0.6) is 0 Å². The molecule has 3 rings (SSSR count). The van der Waals surface area contributed by atoms with Gasteiger partial charge in [-0.2, -0.15) is 0 Å². The maximum absolute atomic E-state index is 6.27. The van der Waals surface area contributed by atoms with E-state index in [9.17, 15) is 0 Å². The Balaban J connectivity index is 1.50. The predicted octanol–water partition coefficient (Wildman–Crippen LogP) is 5.05. The second kappa shape index (κ2) is 7.73. The van der Waals surface area contributed by atoms with Crippen molar-refractivity contribution in [2.24, 2.45) is 0 Å². The lowest BCUT2D eigenvalue weighted by Gasteiger charge is -2.18. The Morgan fingerprint density at radius 2 is 1.24 bits per heavy atom. The second-order valence-corrected chi connectivity index (χ2v) is 7.77. The van der Waals surface area contributed by atoms with Crippen LogP contribution in [0.25, 0.3) is 0 Å². The molecule has 2 aromatic rings. The number of hydrogen-bond donors (Lipinski definition) is 0. The third kappa shape index (κ3) is 5.26. The molecule has 1 fully saturated rings. The average molecular weight is 298 g/mol. The van der Waals surface area contributed by atoms with Crippen LogP contribution in [-0.4, -0.2) is 18.4 Å². The summed E-state index contributed by atoms with van der Waals surface area (Å²) in [5, 5.41) is 0. The third-order valence-corrected chi connectivity index (χ3v) is 5.85. The molecule has 0 N–H and O–H groups in total. The van der Waals surface area contributed by atoms with Crippen LogP contribution in [0.3, 0.4) is 0 Å². The van der Waals surface area contributed by atoms with Crippen LogP contribution in [0, 0.1) is 0 Å². The first-order valence-electron chi connectivity index (χ1n) is 7.90. The largest absolute Gasteiger partial charge is 0.356 e. The molecule has 1 saturated carbocycles. The molecule has 1 aliphatic rings. The molecular formula is C19H23OP. The molecule has 1 aliphatic carbocycles. The van der Waals surface area contributed by atoms with Crippen molar-refractivity contribution in [3.05, 3.63) is 71.8 Å². The van der Waals surface area contributed by atoms with E-state index in [0.717, 1.165) is 12.8 Å². The van der Waals surface area contributed by atoms with Crippen LogP contribution in [0.2, 0.25) is 0 Å². The van der Waals surface area contributed by atoms with Crippen LogP contribution in [0.15, 0.2) is 60.7 Å². The fraction of sp³-hybridized carbons (Fsp3) is 0.368. The average Bonchev–Trinajstić information content (AvgIpc) is 3.36. The maximum Gasteiger partial charge on any atom is 0.0619 e. The normalized spacial score (nSPS) is 14.5. The molecule has 0 spiro atoms. The highest BCUT2D eigenvalue weighted by Gasteiger charge is 2.26. The molecule has 0 amide bonds. The van der Waals surface area contributed by atoms with E-state index in [1.165, 1.54) is 36.3 Å². The monoisotopic (exact) mass is 298 g/mol. The van der Waals surface area contributed by atoms with E-state index in [1.807, 2.05) is 0 Å². The van der Waals surface area contributed by atoms with Gasteiger partial charge in [-0.15, -0.1) is 0 Å². The van der Waals surface area contributed by atoms with Crippen LogP contribution in [-0.2, 0) is 17.4 Å². The van der Waals surface area contributed by atoms with Gasteiger partial charge in [-0.05, 0) is 49.1 Å². The van der Waals surface area contributed by atoms with E-state index in [1.54, 1.807) is 0 Å². The van der Waals surface area contributed by atoms with Gasteiger partial charge in [-0.3, -0.25) is 0 Å². The summed E-state index contributed by atoms with van der Waals surface area (Å²) in [7, 11) is -0.285. The summed E-state index contributed by atoms with van der Waals surface area (Å²) in [5.41, 5.74) is 2.87. The molecule has 0 unspecified atom stereocenters. The van der Waals surface area contributed by atoms with Crippen LogP contribution in [0.1, 0.15) is 24.0 Å². The number of aryl methyl sites for hydroxylation is 2. The van der Waals surface area contributed by atoms with Crippen LogP contribution in [0.4, 0.5) is 0 Å². The summed E-state index contributed by atoms with van der Waals surface area (Å²) in [4.78, 5) is 0. The summed E-state index contributed by atoms with van der Waals surface area (Å²) in [6.07, 6.45) is 7.81. The van der Waals surface area contributed by atoms with Gasteiger partial charge in [0.25, 0.3) is 0 Å². The van der Waals surface area contributed by atoms with Gasteiger partial charge >= 0.3 is 0 Å². The van der Waals surface area contributed by atoms with Crippen molar-refractivity contribution in [3.8, 4) is 0 Å². The van der Waals surface area contributed by atoms with E-state index < -0.39 is 0 Å². The highest BCUT2D eigenvalue weighted by Crippen LogP contribution is 2.45. The molecule has 0 heterocycles. The highest BCUT2D eigenvalue weighted by molar-refractivity contribution is 7.52. The van der Waals surface area contributed by atoms with E-state index >= 15 is 0 Å². The minimum atomic E-state index is -0.285. The van der Waals surface area contributed by atoms with Gasteiger partial charge < -0.3 is 4.52 Å². The summed E-state index contributed by atoms with van der Waals surface area (Å²) >= 11 is 0. The Hall–Kier alpha value is -1.17. The zero-order valence-corrected chi connectivity index (χ0v) is 13.3. The molecule has 110 valence electrons. The van der Waals surface area contributed by atoms with Crippen molar-refractivity contribution < 1.29 is 4.52 Å². The van der Waals surface area contributed by atoms with Crippen molar-refractivity contribution in [3.63, 3.8) is 0 Å².